The van der Waals surface area contributed by atoms with E-state index < -0.39 is 0 Å². The van der Waals surface area contributed by atoms with Crippen LogP contribution < -0.4 is 24.8 Å². The number of amides is 1. The van der Waals surface area contributed by atoms with Gasteiger partial charge in [-0.3, -0.25) is 4.79 Å². The molecule has 180 valence electrons. The number of para-hydroxylation sites is 1. The second-order valence-corrected chi connectivity index (χ2v) is 8.46. The van der Waals surface area contributed by atoms with E-state index in [1.54, 1.807) is 6.20 Å². The highest BCUT2D eigenvalue weighted by Gasteiger charge is 2.48. The maximum absolute atomic E-state index is 12.4. The summed E-state index contributed by atoms with van der Waals surface area (Å²) in [6.07, 6.45) is 1.21. The summed E-state index contributed by atoms with van der Waals surface area (Å²) < 4.78 is 28.3. The quantitative estimate of drug-likeness (QED) is 0.529. The van der Waals surface area contributed by atoms with Gasteiger partial charge in [-0.15, -0.1) is 0 Å². The van der Waals surface area contributed by atoms with Gasteiger partial charge in [-0.25, -0.2) is 9.97 Å². The molecule has 2 saturated heterocycles. The van der Waals surface area contributed by atoms with Crippen LogP contribution in [-0.4, -0.2) is 66.8 Å². The molecular formula is C25H24N4O6. The number of carbonyl (C=O) groups excluding carboxylic acids is 1. The van der Waals surface area contributed by atoms with Crippen LogP contribution in [0.1, 0.15) is 0 Å². The zero-order chi connectivity index (χ0) is 23.6. The van der Waals surface area contributed by atoms with Gasteiger partial charge in [0.15, 0.2) is 18.1 Å². The molecular weight excluding hydrogens is 452 g/mol. The van der Waals surface area contributed by atoms with Crippen molar-refractivity contribution in [3.63, 3.8) is 0 Å². The maximum Gasteiger partial charge on any atom is 0.258 e. The standard InChI is InChI=1S/C25H24N4O6/c30-22(13-31-16-4-2-1-3-5-16)27-18-11-32-24-19(12-33-23(18)24)29-25-26-9-8-17(28-25)15-6-7-20-21(10-15)35-14-34-20/h1-10,18-19,23-24H,11-14H2,(H,27,30)(H,26,28,29)/t18-,19-,23+,24+/m0/s1. The summed E-state index contributed by atoms with van der Waals surface area (Å²) in [7, 11) is 0. The fourth-order valence-corrected chi connectivity index (χ4v) is 4.47. The second-order valence-electron chi connectivity index (χ2n) is 8.46. The van der Waals surface area contributed by atoms with Gasteiger partial charge in [0.2, 0.25) is 12.7 Å². The van der Waals surface area contributed by atoms with Crippen LogP contribution in [-0.2, 0) is 14.3 Å². The van der Waals surface area contributed by atoms with Crippen molar-refractivity contribution in [2.45, 2.75) is 24.3 Å². The Morgan fingerprint density at radius 2 is 1.77 bits per heavy atom. The molecule has 10 heteroatoms. The molecule has 2 fully saturated rings. The molecule has 6 rings (SSSR count). The maximum atomic E-state index is 12.4. The first-order valence-corrected chi connectivity index (χ1v) is 11.4. The summed E-state index contributed by atoms with van der Waals surface area (Å²) in [6, 6.07) is 16.4. The fraction of sp³-hybridized carbons (Fsp3) is 0.320. The third-order valence-electron chi connectivity index (χ3n) is 6.15. The van der Waals surface area contributed by atoms with Gasteiger partial charge >= 0.3 is 0 Å². The number of benzene rings is 2. The zero-order valence-electron chi connectivity index (χ0n) is 18.8. The number of nitrogens with one attached hydrogen (secondary N) is 2. The zero-order valence-corrected chi connectivity index (χ0v) is 18.8. The summed E-state index contributed by atoms with van der Waals surface area (Å²) in [5.41, 5.74) is 1.66. The lowest BCUT2D eigenvalue weighted by molar-refractivity contribution is -0.124. The number of hydrogen-bond donors (Lipinski definition) is 2. The van der Waals surface area contributed by atoms with Crippen LogP contribution >= 0.6 is 0 Å². The van der Waals surface area contributed by atoms with Crippen LogP contribution in [0.2, 0.25) is 0 Å². The van der Waals surface area contributed by atoms with E-state index in [0.29, 0.717) is 30.7 Å². The van der Waals surface area contributed by atoms with E-state index >= 15 is 0 Å². The molecule has 3 aromatic rings. The number of fused-ring (bicyclic) bond motifs is 2. The SMILES string of the molecule is O=C(COc1ccccc1)N[C@H]1CO[C@H]2[C@@H]1OC[C@@H]2Nc1nccc(-c2ccc3c(c2)OCO3)n1. The Kier molecular flexibility index (Phi) is 5.81. The molecule has 4 heterocycles. The molecule has 0 unspecified atom stereocenters. The first kappa shape index (κ1) is 21.6. The lowest BCUT2D eigenvalue weighted by Gasteiger charge is -2.18. The summed E-state index contributed by atoms with van der Waals surface area (Å²) in [5.74, 6) is 2.32. The fourth-order valence-electron chi connectivity index (χ4n) is 4.47. The van der Waals surface area contributed by atoms with Crippen molar-refractivity contribution in [1.82, 2.24) is 15.3 Å². The minimum atomic E-state index is -0.259. The normalized spacial score (nSPS) is 24.1. The first-order chi connectivity index (χ1) is 17.2. The largest absolute Gasteiger partial charge is 0.484 e. The molecule has 35 heavy (non-hydrogen) atoms. The van der Waals surface area contributed by atoms with E-state index in [2.05, 4.69) is 20.6 Å². The third-order valence-corrected chi connectivity index (χ3v) is 6.15. The Labute approximate surface area is 201 Å². The summed E-state index contributed by atoms with van der Waals surface area (Å²) in [6.45, 7) is 0.934. The van der Waals surface area contributed by atoms with Gasteiger partial charge in [-0.05, 0) is 36.4 Å². The molecule has 0 bridgehead atoms. The molecule has 0 radical (unpaired) electrons. The third kappa shape index (κ3) is 4.58. The van der Waals surface area contributed by atoms with Crippen LogP contribution in [0, 0.1) is 0 Å². The minimum Gasteiger partial charge on any atom is -0.484 e. The van der Waals surface area contributed by atoms with Gasteiger partial charge in [0, 0.05) is 11.8 Å². The van der Waals surface area contributed by atoms with E-state index in [0.717, 1.165) is 17.0 Å². The number of aromatic nitrogens is 2. The molecule has 1 amide bonds. The van der Waals surface area contributed by atoms with Crippen molar-refractivity contribution in [2.75, 3.05) is 31.9 Å². The Morgan fingerprint density at radius 3 is 2.66 bits per heavy atom. The summed E-state index contributed by atoms with van der Waals surface area (Å²) in [4.78, 5) is 21.4. The topological polar surface area (TPSA) is 113 Å². The van der Waals surface area contributed by atoms with Crippen molar-refractivity contribution in [3.8, 4) is 28.5 Å². The Bertz CT molecular complexity index is 1210. The Balaban J connectivity index is 1.06. The summed E-state index contributed by atoms with van der Waals surface area (Å²) in [5, 5.41) is 6.29. The second kappa shape index (κ2) is 9.40. The number of rotatable bonds is 7. The van der Waals surface area contributed by atoms with Crippen molar-refractivity contribution in [3.05, 3.63) is 60.8 Å². The van der Waals surface area contributed by atoms with Crippen LogP contribution in [0.25, 0.3) is 11.3 Å². The lowest BCUT2D eigenvalue weighted by atomic mass is 10.1. The molecule has 0 saturated carbocycles. The van der Waals surface area contributed by atoms with Crippen molar-refractivity contribution in [1.29, 1.82) is 0 Å². The average Bonchev–Trinajstić information content (AvgIpc) is 3.62. The Hall–Kier alpha value is -3.89. The highest BCUT2D eigenvalue weighted by Crippen LogP contribution is 2.35. The minimum absolute atomic E-state index is 0.0694. The van der Waals surface area contributed by atoms with Crippen LogP contribution in [0.3, 0.4) is 0 Å². The van der Waals surface area contributed by atoms with Gasteiger partial charge in [0.05, 0.1) is 31.0 Å². The molecule has 4 atom stereocenters. The number of nitrogens with zero attached hydrogens (tertiary/aromatic N) is 2. The number of carbonyl (C=O) groups is 1. The predicted molar refractivity (Wildman–Crippen MR) is 124 cm³/mol. The van der Waals surface area contributed by atoms with E-state index in [9.17, 15) is 4.79 Å². The van der Waals surface area contributed by atoms with Crippen molar-refractivity contribution in [2.24, 2.45) is 0 Å². The number of hydrogen-bond acceptors (Lipinski definition) is 9. The average molecular weight is 476 g/mol. The molecule has 1 aromatic heterocycles. The monoisotopic (exact) mass is 476 g/mol. The van der Waals surface area contributed by atoms with Gasteiger partial charge in [0.1, 0.15) is 18.0 Å². The molecule has 2 N–H and O–H groups in total. The molecule has 3 aliphatic rings. The molecule has 3 aliphatic heterocycles. The van der Waals surface area contributed by atoms with E-state index in [4.69, 9.17) is 23.7 Å². The van der Waals surface area contributed by atoms with Crippen molar-refractivity contribution >= 4 is 11.9 Å². The first-order valence-electron chi connectivity index (χ1n) is 11.4. The van der Waals surface area contributed by atoms with E-state index in [1.807, 2.05) is 54.6 Å². The molecule has 10 nitrogen and oxygen atoms in total. The van der Waals surface area contributed by atoms with E-state index in [1.165, 1.54) is 0 Å². The highest BCUT2D eigenvalue weighted by molar-refractivity contribution is 5.78. The lowest BCUT2D eigenvalue weighted by Crippen LogP contribution is -2.46. The van der Waals surface area contributed by atoms with Crippen LogP contribution in [0.5, 0.6) is 17.2 Å². The van der Waals surface area contributed by atoms with Crippen LogP contribution in [0.15, 0.2) is 60.8 Å². The predicted octanol–water partition coefficient (Wildman–Crippen LogP) is 2.01. The van der Waals surface area contributed by atoms with Gasteiger partial charge in [-0.1, -0.05) is 18.2 Å². The van der Waals surface area contributed by atoms with Gasteiger partial charge in [0.25, 0.3) is 5.91 Å². The van der Waals surface area contributed by atoms with Gasteiger partial charge < -0.3 is 34.3 Å². The highest BCUT2D eigenvalue weighted by atomic mass is 16.7. The van der Waals surface area contributed by atoms with Crippen molar-refractivity contribution < 1.29 is 28.5 Å². The van der Waals surface area contributed by atoms with Gasteiger partial charge in [-0.2, -0.15) is 0 Å². The molecule has 0 aliphatic carbocycles. The number of ether oxygens (including phenoxy) is 5. The number of anilines is 1. The smallest absolute Gasteiger partial charge is 0.258 e. The van der Waals surface area contributed by atoms with E-state index in [-0.39, 0.29) is 43.6 Å². The summed E-state index contributed by atoms with van der Waals surface area (Å²) >= 11 is 0. The molecule has 2 aromatic carbocycles. The Morgan fingerprint density at radius 1 is 0.971 bits per heavy atom. The molecule has 0 spiro atoms. The van der Waals surface area contributed by atoms with Crippen LogP contribution in [0.4, 0.5) is 5.95 Å².